The smallest absolute Gasteiger partial charge is 0.170 e. The van der Waals surface area contributed by atoms with Crippen LogP contribution in [0.4, 0.5) is 0 Å². The van der Waals surface area contributed by atoms with Gasteiger partial charge in [0.05, 0.1) is 5.56 Å². The van der Waals surface area contributed by atoms with Gasteiger partial charge in [-0.2, -0.15) is 0 Å². The third-order valence-corrected chi connectivity index (χ3v) is 3.29. The molecule has 2 aromatic rings. The van der Waals surface area contributed by atoms with Crippen molar-refractivity contribution in [2.75, 3.05) is 0 Å². The fourth-order valence-electron chi connectivity index (χ4n) is 1.84. The molecule has 18 heavy (non-hydrogen) atoms. The van der Waals surface area contributed by atoms with E-state index in [1.54, 1.807) is 31.2 Å². The second kappa shape index (κ2) is 5.17. The van der Waals surface area contributed by atoms with Gasteiger partial charge in [0, 0.05) is 16.5 Å². The number of halogens is 2. The molecule has 1 heterocycles. The maximum atomic E-state index is 12.1. The minimum absolute atomic E-state index is 0.00595. The lowest BCUT2D eigenvalue weighted by Gasteiger charge is -2.03. The number of benzene rings is 1. The number of furan rings is 1. The first kappa shape index (κ1) is 13.2. The Bertz CT molecular complexity index is 600. The summed E-state index contributed by atoms with van der Waals surface area (Å²) in [7, 11) is 0. The van der Waals surface area contributed by atoms with E-state index in [0.29, 0.717) is 21.4 Å². The van der Waals surface area contributed by atoms with Gasteiger partial charge in [-0.25, -0.2) is 0 Å². The molecule has 0 N–H and O–H groups in total. The molecule has 0 saturated carbocycles. The van der Waals surface area contributed by atoms with Crippen LogP contribution in [-0.2, 0) is 6.42 Å². The summed E-state index contributed by atoms with van der Waals surface area (Å²) < 4.78 is 5.35. The van der Waals surface area contributed by atoms with Crippen LogP contribution in [0.1, 0.15) is 27.4 Å². The minimum Gasteiger partial charge on any atom is -0.466 e. The van der Waals surface area contributed by atoms with Crippen LogP contribution in [0.5, 0.6) is 0 Å². The van der Waals surface area contributed by atoms with Gasteiger partial charge in [0.15, 0.2) is 5.78 Å². The molecule has 0 bridgehead atoms. The molecule has 1 aromatic carbocycles. The summed E-state index contributed by atoms with van der Waals surface area (Å²) in [6.07, 6.45) is 0.246. The van der Waals surface area contributed by atoms with Gasteiger partial charge in [-0.1, -0.05) is 29.3 Å². The van der Waals surface area contributed by atoms with Gasteiger partial charge in [-0.05, 0) is 37.6 Å². The van der Waals surface area contributed by atoms with Crippen LogP contribution >= 0.6 is 23.2 Å². The van der Waals surface area contributed by atoms with E-state index >= 15 is 0 Å². The van der Waals surface area contributed by atoms with E-state index in [2.05, 4.69) is 0 Å². The lowest BCUT2D eigenvalue weighted by Crippen LogP contribution is -2.04. The topological polar surface area (TPSA) is 30.2 Å². The van der Waals surface area contributed by atoms with Gasteiger partial charge in [0.25, 0.3) is 0 Å². The third-order valence-electron chi connectivity index (χ3n) is 2.71. The quantitative estimate of drug-likeness (QED) is 0.769. The van der Waals surface area contributed by atoms with Crippen molar-refractivity contribution in [3.63, 3.8) is 0 Å². The average molecular weight is 283 g/mol. The summed E-state index contributed by atoms with van der Waals surface area (Å²) in [6, 6.07) is 6.88. The lowest BCUT2D eigenvalue weighted by molar-refractivity contribution is 0.0991. The van der Waals surface area contributed by atoms with Gasteiger partial charge in [0.2, 0.25) is 0 Å². The molecule has 0 amide bonds. The number of ketones is 1. The highest BCUT2D eigenvalue weighted by atomic mass is 35.5. The number of carbonyl (C=O) groups is 1. The number of Topliss-reactive ketones (excluding diaryl/α,β-unsaturated/α-hetero) is 1. The Morgan fingerprint density at radius 3 is 2.50 bits per heavy atom. The van der Waals surface area contributed by atoms with Crippen molar-refractivity contribution in [1.82, 2.24) is 0 Å². The van der Waals surface area contributed by atoms with E-state index in [1.807, 2.05) is 6.92 Å². The molecule has 0 aliphatic rings. The zero-order valence-electron chi connectivity index (χ0n) is 10.1. The lowest BCUT2D eigenvalue weighted by atomic mass is 10.0. The molecule has 1 aromatic heterocycles. The molecule has 0 aliphatic carbocycles. The second-order valence-electron chi connectivity index (χ2n) is 4.16. The van der Waals surface area contributed by atoms with Crippen LogP contribution in [0.25, 0.3) is 0 Å². The van der Waals surface area contributed by atoms with Crippen LogP contribution < -0.4 is 0 Å². The number of carbonyl (C=O) groups excluding carboxylic acids is 1. The molecule has 94 valence electrons. The molecule has 0 saturated heterocycles. The Balaban J connectivity index is 2.24. The van der Waals surface area contributed by atoms with E-state index < -0.39 is 0 Å². The fraction of sp³-hybridized carbons (Fsp3) is 0.214. The first-order valence-corrected chi connectivity index (χ1v) is 6.27. The van der Waals surface area contributed by atoms with Crippen LogP contribution in [-0.4, -0.2) is 5.78 Å². The van der Waals surface area contributed by atoms with Crippen LogP contribution in [0.3, 0.4) is 0 Å². The third kappa shape index (κ3) is 2.77. The van der Waals surface area contributed by atoms with Gasteiger partial charge < -0.3 is 4.42 Å². The summed E-state index contributed by atoms with van der Waals surface area (Å²) in [5.41, 5.74) is 1.38. The zero-order chi connectivity index (χ0) is 13.3. The molecule has 0 unspecified atom stereocenters. The van der Waals surface area contributed by atoms with Crippen molar-refractivity contribution < 1.29 is 9.21 Å². The molecule has 2 rings (SSSR count). The fourth-order valence-corrected chi connectivity index (χ4v) is 2.32. The van der Waals surface area contributed by atoms with Crippen molar-refractivity contribution in [3.05, 3.63) is 57.0 Å². The van der Waals surface area contributed by atoms with Crippen molar-refractivity contribution >= 4 is 29.0 Å². The summed E-state index contributed by atoms with van der Waals surface area (Å²) in [6.45, 7) is 3.60. The highest BCUT2D eigenvalue weighted by molar-refractivity contribution is 6.35. The number of rotatable bonds is 3. The van der Waals surface area contributed by atoms with Crippen LogP contribution in [0.2, 0.25) is 10.0 Å². The Hall–Kier alpha value is -1.25. The molecule has 2 nitrogen and oxygen atoms in total. The zero-order valence-corrected chi connectivity index (χ0v) is 11.6. The van der Waals surface area contributed by atoms with Crippen molar-refractivity contribution in [3.8, 4) is 0 Å². The van der Waals surface area contributed by atoms with E-state index in [4.69, 9.17) is 27.6 Å². The van der Waals surface area contributed by atoms with E-state index in [0.717, 1.165) is 11.3 Å². The normalized spacial score (nSPS) is 10.7. The monoisotopic (exact) mass is 282 g/mol. The Morgan fingerprint density at radius 2 is 1.94 bits per heavy atom. The van der Waals surface area contributed by atoms with E-state index in [1.165, 1.54) is 0 Å². The first-order valence-electron chi connectivity index (χ1n) is 5.51. The molecular weight excluding hydrogens is 271 g/mol. The second-order valence-corrected chi connectivity index (χ2v) is 5.01. The van der Waals surface area contributed by atoms with Crippen LogP contribution in [0.15, 0.2) is 28.7 Å². The maximum absolute atomic E-state index is 12.1. The predicted octanol–water partition coefficient (Wildman–Crippen LogP) is 4.63. The standard InChI is InChI=1S/C14H12Cl2O2/c1-8-5-12(9(2)18-8)14(17)6-10-3-4-11(15)7-13(10)16/h3-5,7H,6H2,1-2H3. The van der Waals surface area contributed by atoms with Crippen molar-refractivity contribution in [2.24, 2.45) is 0 Å². The largest absolute Gasteiger partial charge is 0.466 e. The summed E-state index contributed by atoms with van der Waals surface area (Å²) >= 11 is 11.9. The maximum Gasteiger partial charge on any atom is 0.170 e. The van der Waals surface area contributed by atoms with E-state index in [9.17, 15) is 4.79 Å². The van der Waals surface area contributed by atoms with Gasteiger partial charge in [-0.3, -0.25) is 4.79 Å². The molecule has 0 spiro atoms. The summed E-state index contributed by atoms with van der Waals surface area (Å²) in [5.74, 6) is 1.37. The van der Waals surface area contributed by atoms with Gasteiger partial charge >= 0.3 is 0 Å². The van der Waals surface area contributed by atoms with Gasteiger partial charge in [0.1, 0.15) is 11.5 Å². The summed E-state index contributed by atoms with van der Waals surface area (Å²) in [5, 5.41) is 1.07. The highest BCUT2D eigenvalue weighted by Crippen LogP contribution is 2.23. The molecule has 0 aliphatic heterocycles. The van der Waals surface area contributed by atoms with Crippen LogP contribution in [0, 0.1) is 13.8 Å². The molecule has 0 atom stereocenters. The first-order chi connectivity index (χ1) is 8.47. The Labute approximate surface area is 116 Å². The Morgan fingerprint density at radius 1 is 1.22 bits per heavy atom. The number of aryl methyl sites for hydroxylation is 2. The van der Waals surface area contributed by atoms with Crippen molar-refractivity contribution in [1.29, 1.82) is 0 Å². The van der Waals surface area contributed by atoms with Gasteiger partial charge in [-0.15, -0.1) is 0 Å². The van der Waals surface area contributed by atoms with Crippen molar-refractivity contribution in [2.45, 2.75) is 20.3 Å². The molecule has 0 radical (unpaired) electrons. The molecule has 0 fully saturated rings. The average Bonchev–Trinajstić information content (AvgIpc) is 2.62. The van der Waals surface area contributed by atoms with E-state index in [-0.39, 0.29) is 12.2 Å². The Kier molecular flexibility index (Phi) is 3.79. The SMILES string of the molecule is Cc1cc(C(=O)Cc2ccc(Cl)cc2Cl)c(C)o1. The highest BCUT2D eigenvalue weighted by Gasteiger charge is 2.15. The minimum atomic E-state index is -0.00595. The molecular formula is C14H12Cl2O2. The number of hydrogen-bond acceptors (Lipinski definition) is 2. The predicted molar refractivity (Wildman–Crippen MR) is 72.7 cm³/mol. The molecule has 4 heteroatoms. The number of hydrogen-bond donors (Lipinski definition) is 0. The summed E-state index contributed by atoms with van der Waals surface area (Å²) in [4.78, 5) is 12.1.